The lowest BCUT2D eigenvalue weighted by Crippen LogP contribution is -2.41. The minimum Gasteiger partial charge on any atom is -0.396 e. The zero-order chi connectivity index (χ0) is 12.0. The number of aliphatic hydroxyl groups is 1. The van der Waals surface area contributed by atoms with Crippen LogP contribution >= 0.6 is 0 Å². The van der Waals surface area contributed by atoms with Crippen molar-refractivity contribution in [3.63, 3.8) is 0 Å². The van der Waals surface area contributed by atoms with Gasteiger partial charge in [-0.2, -0.15) is 0 Å². The summed E-state index contributed by atoms with van der Waals surface area (Å²) >= 11 is 0. The predicted molar refractivity (Wildman–Crippen MR) is 61.3 cm³/mol. The van der Waals surface area contributed by atoms with Crippen LogP contribution in [0.15, 0.2) is 0 Å². The predicted octanol–water partition coefficient (Wildman–Crippen LogP) is 0.493. The van der Waals surface area contributed by atoms with Gasteiger partial charge in [-0.3, -0.25) is 4.79 Å². The molecule has 0 aliphatic heterocycles. The summed E-state index contributed by atoms with van der Waals surface area (Å²) < 4.78 is 0. The van der Waals surface area contributed by atoms with E-state index in [9.17, 15) is 4.79 Å². The van der Waals surface area contributed by atoms with Crippen molar-refractivity contribution in [3.8, 4) is 0 Å². The highest BCUT2D eigenvalue weighted by Crippen LogP contribution is 2.05. The Balaban J connectivity index is 3.93. The number of amides is 1. The Bertz CT molecular complexity index is 195. The van der Waals surface area contributed by atoms with E-state index in [1.807, 2.05) is 27.7 Å². The molecule has 0 aromatic carbocycles. The number of carbonyl (C=O) groups excluding carboxylic acids is 1. The summed E-state index contributed by atoms with van der Waals surface area (Å²) in [6.45, 7) is 7.86. The fourth-order valence-electron chi connectivity index (χ4n) is 1.06. The second-order valence-corrected chi connectivity index (χ2v) is 4.63. The number of hydrogen-bond donors (Lipinski definition) is 3. The van der Waals surface area contributed by atoms with Crippen molar-refractivity contribution in [1.29, 1.82) is 0 Å². The molecule has 0 fully saturated rings. The van der Waals surface area contributed by atoms with Crippen LogP contribution in [0.4, 0.5) is 0 Å². The lowest BCUT2D eigenvalue weighted by Gasteiger charge is -2.21. The van der Waals surface area contributed by atoms with Gasteiger partial charge in [0.1, 0.15) is 0 Å². The second kappa shape index (κ2) is 6.80. The molecule has 0 saturated carbocycles. The molecule has 0 aromatic rings. The summed E-state index contributed by atoms with van der Waals surface area (Å²) in [5.74, 6) is 0.342. The fourth-order valence-corrected chi connectivity index (χ4v) is 1.06. The maximum absolute atomic E-state index is 11.5. The van der Waals surface area contributed by atoms with Crippen LogP contribution in [-0.2, 0) is 4.79 Å². The number of rotatable bonds is 6. The number of nitrogens with two attached hydrogens (primary N) is 1. The molecule has 3 atom stereocenters. The third-order valence-corrected chi connectivity index (χ3v) is 2.81. The van der Waals surface area contributed by atoms with Crippen LogP contribution in [0.25, 0.3) is 0 Å². The van der Waals surface area contributed by atoms with E-state index < -0.39 is 0 Å². The van der Waals surface area contributed by atoms with Gasteiger partial charge in [0.2, 0.25) is 5.91 Å². The zero-order valence-electron chi connectivity index (χ0n) is 10.2. The summed E-state index contributed by atoms with van der Waals surface area (Å²) in [7, 11) is 0. The van der Waals surface area contributed by atoms with E-state index >= 15 is 0 Å². The van der Waals surface area contributed by atoms with Gasteiger partial charge in [-0.15, -0.1) is 0 Å². The topological polar surface area (TPSA) is 75.4 Å². The molecule has 0 heterocycles. The standard InChI is InChI=1S/C11H24N2O2/c1-7(2)10(12)5-11(15)13-9(4)8(3)6-14/h7-10,14H,5-6,12H2,1-4H3,(H,13,15). The van der Waals surface area contributed by atoms with Crippen LogP contribution in [0.1, 0.15) is 34.1 Å². The molecule has 0 rings (SSSR count). The van der Waals surface area contributed by atoms with Gasteiger partial charge in [0, 0.05) is 25.1 Å². The first kappa shape index (κ1) is 14.4. The molecule has 0 aromatic heterocycles. The highest BCUT2D eigenvalue weighted by molar-refractivity contribution is 5.76. The first-order valence-electron chi connectivity index (χ1n) is 5.54. The molecule has 0 aliphatic rings. The van der Waals surface area contributed by atoms with Gasteiger partial charge in [-0.25, -0.2) is 0 Å². The van der Waals surface area contributed by atoms with Gasteiger partial charge in [0.15, 0.2) is 0 Å². The monoisotopic (exact) mass is 216 g/mol. The molecule has 4 N–H and O–H groups in total. The maximum atomic E-state index is 11.5. The lowest BCUT2D eigenvalue weighted by molar-refractivity contribution is -0.122. The van der Waals surface area contributed by atoms with Gasteiger partial charge in [0.25, 0.3) is 0 Å². The van der Waals surface area contributed by atoms with Crippen LogP contribution in [0.2, 0.25) is 0 Å². The second-order valence-electron chi connectivity index (χ2n) is 4.63. The van der Waals surface area contributed by atoms with Crippen LogP contribution in [0.5, 0.6) is 0 Å². The maximum Gasteiger partial charge on any atom is 0.221 e. The molecule has 0 radical (unpaired) electrons. The van der Waals surface area contributed by atoms with Crippen molar-refractivity contribution < 1.29 is 9.90 Å². The first-order chi connectivity index (χ1) is 6.88. The molecule has 1 amide bonds. The molecule has 0 bridgehead atoms. The van der Waals surface area contributed by atoms with E-state index in [1.165, 1.54) is 0 Å². The minimum absolute atomic E-state index is 0.0122. The molecule has 90 valence electrons. The van der Waals surface area contributed by atoms with Crippen molar-refractivity contribution in [1.82, 2.24) is 5.32 Å². The third kappa shape index (κ3) is 5.74. The van der Waals surface area contributed by atoms with Crippen molar-refractivity contribution in [2.24, 2.45) is 17.6 Å². The SMILES string of the molecule is CC(C)C(N)CC(=O)NC(C)C(C)CO. The number of nitrogens with one attached hydrogen (secondary N) is 1. The van der Waals surface area contributed by atoms with Crippen LogP contribution in [0.3, 0.4) is 0 Å². The minimum atomic E-state index is -0.0957. The molecular formula is C11H24N2O2. The largest absolute Gasteiger partial charge is 0.396 e. The molecule has 15 heavy (non-hydrogen) atoms. The molecule has 3 unspecified atom stereocenters. The highest BCUT2D eigenvalue weighted by atomic mass is 16.3. The van der Waals surface area contributed by atoms with Crippen molar-refractivity contribution >= 4 is 5.91 Å². The summed E-state index contributed by atoms with van der Waals surface area (Å²) in [4.78, 5) is 11.5. The Kier molecular flexibility index (Phi) is 6.52. The molecule has 0 spiro atoms. The van der Waals surface area contributed by atoms with E-state index in [0.717, 1.165) is 0 Å². The van der Waals surface area contributed by atoms with Gasteiger partial charge in [-0.1, -0.05) is 20.8 Å². The quantitative estimate of drug-likeness (QED) is 0.605. The first-order valence-corrected chi connectivity index (χ1v) is 5.54. The Morgan fingerprint density at radius 3 is 2.27 bits per heavy atom. The summed E-state index contributed by atoms with van der Waals surface area (Å²) in [6.07, 6.45) is 0.347. The summed E-state index contributed by atoms with van der Waals surface area (Å²) in [5, 5.41) is 11.7. The number of carbonyl (C=O) groups is 1. The third-order valence-electron chi connectivity index (χ3n) is 2.81. The summed E-state index contributed by atoms with van der Waals surface area (Å²) in [5.41, 5.74) is 5.79. The summed E-state index contributed by atoms with van der Waals surface area (Å²) in [6, 6.07) is -0.108. The van der Waals surface area contributed by atoms with Crippen molar-refractivity contribution in [2.75, 3.05) is 6.61 Å². The van der Waals surface area contributed by atoms with Gasteiger partial charge in [-0.05, 0) is 18.8 Å². The molecular weight excluding hydrogens is 192 g/mol. The Morgan fingerprint density at radius 1 is 1.33 bits per heavy atom. The van der Waals surface area contributed by atoms with Crippen LogP contribution in [-0.4, -0.2) is 29.7 Å². The van der Waals surface area contributed by atoms with E-state index in [1.54, 1.807) is 0 Å². The van der Waals surface area contributed by atoms with E-state index in [4.69, 9.17) is 10.8 Å². The normalized spacial score (nSPS) is 17.3. The Morgan fingerprint density at radius 2 is 1.87 bits per heavy atom. The van der Waals surface area contributed by atoms with Crippen molar-refractivity contribution in [2.45, 2.75) is 46.2 Å². The Hall–Kier alpha value is -0.610. The average molecular weight is 216 g/mol. The van der Waals surface area contributed by atoms with Gasteiger partial charge >= 0.3 is 0 Å². The van der Waals surface area contributed by atoms with E-state index in [-0.39, 0.29) is 30.5 Å². The molecule has 4 nitrogen and oxygen atoms in total. The molecule has 0 saturated heterocycles. The van der Waals surface area contributed by atoms with Crippen LogP contribution in [0, 0.1) is 11.8 Å². The highest BCUT2D eigenvalue weighted by Gasteiger charge is 2.17. The van der Waals surface area contributed by atoms with Crippen LogP contribution < -0.4 is 11.1 Å². The molecule has 0 aliphatic carbocycles. The average Bonchev–Trinajstić information content (AvgIpc) is 2.15. The number of hydrogen-bond acceptors (Lipinski definition) is 3. The van der Waals surface area contributed by atoms with Crippen molar-refractivity contribution in [3.05, 3.63) is 0 Å². The number of aliphatic hydroxyl groups excluding tert-OH is 1. The smallest absolute Gasteiger partial charge is 0.221 e. The van der Waals surface area contributed by atoms with Gasteiger partial charge in [0.05, 0.1) is 0 Å². The van der Waals surface area contributed by atoms with E-state index in [0.29, 0.717) is 12.3 Å². The van der Waals surface area contributed by atoms with E-state index in [2.05, 4.69) is 5.32 Å². The zero-order valence-corrected chi connectivity index (χ0v) is 10.2. The Labute approximate surface area is 92.2 Å². The van der Waals surface area contributed by atoms with Gasteiger partial charge < -0.3 is 16.2 Å². The fraction of sp³-hybridized carbons (Fsp3) is 0.909. The lowest BCUT2D eigenvalue weighted by atomic mass is 10.0. The molecule has 4 heteroatoms.